The molecule has 0 spiro atoms. The van der Waals surface area contributed by atoms with Gasteiger partial charge in [-0.05, 0) is 37.3 Å². The Bertz CT molecular complexity index is 735. The summed E-state index contributed by atoms with van der Waals surface area (Å²) in [7, 11) is 0. The minimum Gasteiger partial charge on any atom is -0.481 e. The molecule has 0 bridgehead atoms. The molecule has 0 fully saturated rings. The van der Waals surface area contributed by atoms with Crippen molar-refractivity contribution in [2.24, 2.45) is 0 Å². The number of nitrogens with one attached hydrogen (secondary N) is 1. The molecule has 2 rings (SSSR count). The third-order valence-corrected chi connectivity index (χ3v) is 3.50. The molecule has 6 nitrogen and oxygen atoms in total. The molecule has 0 aliphatic rings. The number of carbonyl (C=O) groups excluding carboxylic acids is 1. The van der Waals surface area contributed by atoms with Crippen molar-refractivity contribution in [2.45, 2.75) is 13.0 Å². The van der Waals surface area contributed by atoms with E-state index in [0.29, 0.717) is 10.8 Å². The van der Waals surface area contributed by atoms with Crippen molar-refractivity contribution < 1.29 is 14.5 Å². The summed E-state index contributed by atoms with van der Waals surface area (Å²) in [4.78, 5) is 22.3. The molecule has 1 N–H and O–H groups in total. The molecule has 8 heteroatoms. The summed E-state index contributed by atoms with van der Waals surface area (Å²) in [5.41, 5.74) is -0.0200. The van der Waals surface area contributed by atoms with E-state index < -0.39 is 16.9 Å². The van der Waals surface area contributed by atoms with E-state index in [4.69, 9.17) is 27.9 Å². The lowest BCUT2D eigenvalue weighted by Gasteiger charge is -2.15. The summed E-state index contributed by atoms with van der Waals surface area (Å²) in [5, 5.41) is 14.0. The highest BCUT2D eigenvalue weighted by atomic mass is 35.5. The zero-order chi connectivity index (χ0) is 17.0. The number of ether oxygens (including phenoxy) is 1. The van der Waals surface area contributed by atoms with Gasteiger partial charge in [-0.15, -0.1) is 0 Å². The highest BCUT2D eigenvalue weighted by molar-refractivity contribution is 6.33. The number of hydrogen-bond donors (Lipinski definition) is 1. The maximum Gasteiger partial charge on any atom is 0.271 e. The molecule has 0 aromatic heterocycles. The van der Waals surface area contributed by atoms with E-state index in [-0.39, 0.29) is 16.4 Å². The lowest BCUT2D eigenvalue weighted by molar-refractivity contribution is -0.384. The summed E-state index contributed by atoms with van der Waals surface area (Å²) in [5.74, 6) is -0.00969. The third kappa shape index (κ3) is 4.58. The van der Waals surface area contributed by atoms with Crippen LogP contribution in [-0.4, -0.2) is 16.9 Å². The fraction of sp³-hybridized carbons (Fsp3) is 0.133. The molecule has 1 amide bonds. The number of anilines is 1. The van der Waals surface area contributed by atoms with Gasteiger partial charge in [-0.1, -0.05) is 23.2 Å². The summed E-state index contributed by atoms with van der Waals surface area (Å²) < 4.78 is 5.47. The highest BCUT2D eigenvalue weighted by Crippen LogP contribution is 2.27. The number of amides is 1. The number of nitrogens with zero attached hydrogens (tertiary/aromatic N) is 1. The fourth-order valence-electron chi connectivity index (χ4n) is 1.73. The molecule has 0 saturated carbocycles. The zero-order valence-electron chi connectivity index (χ0n) is 12.0. The number of nitro benzene ring substituents is 1. The molecular weight excluding hydrogens is 343 g/mol. The number of rotatable bonds is 5. The maximum absolute atomic E-state index is 12.1. The van der Waals surface area contributed by atoms with Crippen molar-refractivity contribution in [1.82, 2.24) is 0 Å². The Balaban J connectivity index is 2.07. The molecule has 2 aromatic rings. The summed E-state index contributed by atoms with van der Waals surface area (Å²) >= 11 is 11.7. The van der Waals surface area contributed by atoms with Crippen LogP contribution in [0.3, 0.4) is 0 Å². The minimum atomic E-state index is -0.827. The number of carbonyl (C=O) groups is 1. The molecule has 2 aromatic carbocycles. The van der Waals surface area contributed by atoms with E-state index in [1.165, 1.54) is 18.2 Å². The average Bonchev–Trinajstić information content (AvgIpc) is 2.51. The Morgan fingerprint density at radius 1 is 1.22 bits per heavy atom. The first-order chi connectivity index (χ1) is 10.9. The summed E-state index contributed by atoms with van der Waals surface area (Å²) in [6, 6.07) is 10.3. The van der Waals surface area contributed by atoms with E-state index in [1.54, 1.807) is 31.2 Å². The van der Waals surface area contributed by atoms with Gasteiger partial charge in [0.1, 0.15) is 5.75 Å². The lowest BCUT2D eigenvalue weighted by Crippen LogP contribution is -2.30. The molecule has 0 aliphatic heterocycles. The standard InChI is InChI=1S/C15H12Cl2N2O4/c1-9(23-12-5-2-10(16)3-6-12)15(20)18-14-8-11(19(21)22)4-7-13(14)17/h2-9H,1H3,(H,18,20)/t9-/m1/s1. The molecule has 0 unspecified atom stereocenters. The van der Waals surface area contributed by atoms with Gasteiger partial charge in [-0.2, -0.15) is 0 Å². The van der Waals surface area contributed by atoms with Crippen molar-refractivity contribution >= 4 is 40.5 Å². The second kappa shape index (κ2) is 7.30. The van der Waals surface area contributed by atoms with Gasteiger partial charge < -0.3 is 10.1 Å². The van der Waals surface area contributed by atoms with Crippen LogP contribution in [0.4, 0.5) is 11.4 Å². The largest absolute Gasteiger partial charge is 0.481 e. The Kier molecular flexibility index (Phi) is 5.41. The van der Waals surface area contributed by atoms with Crippen molar-refractivity contribution in [3.8, 4) is 5.75 Å². The first-order valence-electron chi connectivity index (χ1n) is 6.54. The van der Waals surface area contributed by atoms with E-state index in [9.17, 15) is 14.9 Å². The number of halogens is 2. The zero-order valence-corrected chi connectivity index (χ0v) is 13.5. The van der Waals surface area contributed by atoms with Crippen LogP contribution < -0.4 is 10.1 Å². The van der Waals surface area contributed by atoms with E-state index in [1.807, 2.05) is 0 Å². The van der Waals surface area contributed by atoms with Crippen molar-refractivity contribution in [1.29, 1.82) is 0 Å². The van der Waals surface area contributed by atoms with E-state index in [2.05, 4.69) is 5.32 Å². The third-order valence-electron chi connectivity index (χ3n) is 2.91. The van der Waals surface area contributed by atoms with Crippen LogP contribution in [0.5, 0.6) is 5.75 Å². The van der Waals surface area contributed by atoms with E-state index in [0.717, 1.165) is 0 Å². The molecule has 0 radical (unpaired) electrons. The quantitative estimate of drug-likeness (QED) is 0.640. The van der Waals surface area contributed by atoms with Crippen LogP contribution in [0.25, 0.3) is 0 Å². The monoisotopic (exact) mass is 354 g/mol. The van der Waals surface area contributed by atoms with E-state index >= 15 is 0 Å². The number of benzene rings is 2. The van der Waals surface area contributed by atoms with Gasteiger partial charge in [0.05, 0.1) is 15.6 Å². The predicted octanol–water partition coefficient (Wildman–Crippen LogP) is 4.31. The van der Waals surface area contributed by atoms with Crippen molar-refractivity contribution in [2.75, 3.05) is 5.32 Å². The summed E-state index contributed by atoms with van der Waals surface area (Å²) in [6.45, 7) is 1.55. The summed E-state index contributed by atoms with van der Waals surface area (Å²) in [6.07, 6.45) is -0.827. The second-order valence-corrected chi connectivity index (χ2v) is 5.47. The number of nitro groups is 1. The van der Waals surface area contributed by atoms with Gasteiger partial charge in [0, 0.05) is 17.2 Å². The SMILES string of the molecule is C[C@@H](Oc1ccc(Cl)cc1)C(=O)Nc1cc([N+](=O)[O-])ccc1Cl. The maximum atomic E-state index is 12.1. The number of non-ortho nitro benzene ring substituents is 1. The predicted molar refractivity (Wildman–Crippen MR) is 88.3 cm³/mol. The van der Waals surface area contributed by atoms with Crippen molar-refractivity contribution in [3.63, 3.8) is 0 Å². The molecule has 0 saturated heterocycles. The Hall–Kier alpha value is -2.31. The molecule has 23 heavy (non-hydrogen) atoms. The van der Waals surface area contributed by atoms with Crippen LogP contribution in [-0.2, 0) is 4.79 Å². The van der Waals surface area contributed by atoms with Gasteiger partial charge in [-0.3, -0.25) is 14.9 Å². The highest BCUT2D eigenvalue weighted by Gasteiger charge is 2.18. The topological polar surface area (TPSA) is 81.5 Å². The molecule has 1 atom stereocenters. The van der Waals surface area contributed by atoms with Crippen LogP contribution >= 0.6 is 23.2 Å². The number of hydrogen-bond acceptors (Lipinski definition) is 4. The molecule has 0 aliphatic carbocycles. The Morgan fingerprint density at radius 2 is 1.87 bits per heavy atom. The van der Waals surface area contributed by atoms with Gasteiger partial charge >= 0.3 is 0 Å². The van der Waals surface area contributed by atoms with Crippen LogP contribution in [0.1, 0.15) is 6.92 Å². The first-order valence-corrected chi connectivity index (χ1v) is 7.29. The van der Waals surface area contributed by atoms with Crippen LogP contribution in [0, 0.1) is 10.1 Å². The molecular formula is C15H12Cl2N2O4. The van der Waals surface area contributed by atoms with Gasteiger partial charge in [0.15, 0.2) is 6.10 Å². The van der Waals surface area contributed by atoms with Gasteiger partial charge in [-0.25, -0.2) is 0 Å². The Morgan fingerprint density at radius 3 is 2.48 bits per heavy atom. The van der Waals surface area contributed by atoms with Crippen LogP contribution in [0.15, 0.2) is 42.5 Å². The molecule has 120 valence electrons. The normalized spacial score (nSPS) is 11.6. The fourth-order valence-corrected chi connectivity index (χ4v) is 2.02. The second-order valence-electron chi connectivity index (χ2n) is 4.62. The minimum absolute atomic E-state index is 0.150. The van der Waals surface area contributed by atoms with Gasteiger partial charge in [0.2, 0.25) is 0 Å². The van der Waals surface area contributed by atoms with Crippen LogP contribution in [0.2, 0.25) is 10.0 Å². The van der Waals surface area contributed by atoms with Gasteiger partial charge in [0.25, 0.3) is 11.6 Å². The smallest absolute Gasteiger partial charge is 0.271 e. The molecule has 0 heterocycles. The lowest BCUT2D eigenvalue weighted by atomic mass is 10.2. The first kappa shape index (κ1) is 17.1. The average molecular weight is 355 g/mol. The van der Waals surface area contributed by atoms with Crippen molar-refractivity contribution in [3.05, 3.63) is 62.6 Å². The Labute approximate surface area is 142 Å².